The van der Waals surface area contributed by atoms with E-state index in [4.69, 9.17) is 0 Å². The monoisotopic (exact) mass is 311 g/mol. The molecule has 0 bridgehead atoms. The zero-order valence-electron chi connectivity index (χ0n) is 10.4. The first kappa shape index (κ1) is 13.7. The number of aromatic amines is 1. The molecule has 0 saturated carbocycles. The number of benzene rings is 1. The summed E-state index contributed by atoms with van der Waals surface area (Å²) >= 11 is 1.26. The van der Waals surface area contributed by atoms with Crippen LogP contribution in [0.4, 0.5) is 13.2 Å². The predicted molar refractivity (Wildman–Crippen MR) is 74.5 cm³/mol. The molecule has 0 amide bonds. The molecule has 3 rings (SSSR count). The number of halogens is 3. The van der Waals surface area contributed by atoms with E-state index >= 15 is 0 Å². The molecule has 0 aliphatic carbocycles. The maximum atomic E-state index is 12.7. The summed E-state index contributed by atoms with van der Waals surface area (Å²) in [5.41, 5.74) is -1.38. The fourth-order valence-electron chi connectivity index (χ4n) is 2.06. The molecule has 0 fully saturated rings. The topological polar surface area (TPSA) is 53.1 Å². The largest absolute Gasteiger partial charge is 0.503 e. The Hall–Kier alpha value is -2.28. The maximum absolute atomic E-state index is 12.7. The van der Waals surface area contributed by atoms with Crippen molar-refractivity contribution in [1.82, 2.24) is 4.98 Å². The van der Waals surface area contributed by atoms with Crippen molar-refractivity contribution in [2.45, 2.75) is 6.18 Å². The molecular weight excluding hydrogens is 303 g/mol. The minimum Gasteiger partial charge on any atom is -0.503 e. The SMILES string of the molecule is O=c1c(O)c(-c2cccs2)[nH]c2cc(C(F)(F)F)ccc12. The van der Waals surface area contributed by atoms with Crippen LogP contribution in [0.2, 0.25) is 0 Å². The highest BCUT2D eigenvalue weighted by Gasteiger charge is 2.30. The molecule has 108 valence electrons. The van der Waals surface area contributed by atoms with E-state index in [1.165, 1.54) is 11.3 Å². The summed E-state index contributed by atoms with van der Waals surface area (Å²) in [5.74, 6) is -0.496. The first-order valence-electron chi connectivity index (χ1n) is 5.88. The van der Waals surface area contributed by atoms with E-state index in [-0.39, 0.29) is 16.6 Å². The van der Waals surface area contributed by atoms with Gasteiger partial charge in [-0.05, 0) is 29.6 Å². The molecule has 3 aromatic rings. The highest BCUT2D eigenvalue weighted by Crippen LogP contribution is 2.33. The van der Waals surface area contributed by atoms with Crippen LogP contribution < -0.4 is 5.43 Å². The second-order valence-corrected chi connectivity index (χ2v) is 5.36. The van der Waals surface area contributed by atoms with Gasteiger partial charge in [-0.15, -0.1) is 11.3 Å². The van der Waals surface area contributed by atoms with E-state index in [2.05, 4.69) is 4.98 Å². The summed E-state index contributed by atoms with van der Waals surface area (Å²) in [6, 6.07) is 6.13. The van der Waals surface area contributed by atoms with Gasteiger partial charge in [-0.3, -0.25) is 4.79 Å². The van der Waals surface area contributed by atoms with E-state index in [0.717, 1.165) is 18.2 Å². The molecule has 1 aromatic carbocycles. The van der Waals surface area contributed by atoms with Crippen LogP contribution in [-0.4, -0.2) is 10.1 Å². The van der Waals surface area contributed by atoms with Crippen LogP contribution in [0.5, 0.6) is 5.75 Å². The van der Waals surface area contributed by atoms with Gasteiger partial charge in [0.05, 0.1) is 16.0 Å². The standard InChI is InChI=1S/C14H8F3NO2S/c15-14(16,17)7-3-4-8-9(6-7)18-11(13(20)12(8)19)10-2-1-5-21-10/h1-6,20H,(H,18,19). The molecule has 7 heteroatoms. The van der Waals surface area contributed by atoms with Gasteiger partial charge in [-0.25, -0.2) is 0 Å². The van der Waals surface area contributed by atoms with Crippen molar-refractivity contribution < 1.29 is 18.3 Å². The molecule has 0 atom stereocenters. The van der Waals surface area contributed by atoms with Crippen molar-refractivity contribution in [3.63, 3.8) is 0 Å². The van der Waals surface area contributed by atoms with Crippen molar-refractivity contribution in [2.75, 3.05) is 0 Å². The van der Waals surface area contributed by atoms with Gasteiger partial charge in [0.1, 0.15) is 5.69 Å². The number of pyridine rings is 1. The Morgan fingerprint density at radius 1 is 1.19 bits per heavy atom. The molecule has 0 saturated heterocycles. The Morgan fingerprint density at radius 3 is 2.57 bits per heavy atom. The number of fused-ring (bicyclic) bond motifs is 1. The summed E-state index contributed by atoms with van der Waals surface area (Å²) in [6.45, 7) is 0. The molecule has 0 radical (unpaired) electrons. The van der Waals surface area contributed by atoms with Crippen LogP contribution in [0.3, 0.4) is 0 Å². The molecule has 0 aliphatic heterocycles. The molecular formula is C14H8F3NO2S. The van der Waals surface area contributed by atoms with Crippen LogP contribution in [-0.2, 0) is 6.18 Å². The van der Waals surface area contributed by atoms with E-state index in [1.54, 1.807) is 17.5 Å². The Labute approximate surface area is 120 Å². The van der Waals surface area contributed by atoms with Crippen molar-refractivity contribution in [3.8, 4) is 16.3 Å². The van der Waals surface area contributed by atoms with Crippen LogP contribution in [0.15, 0.2) is 40.5 Å². The van der Waals surface area contributed by atoms with Crippen molar-refractivity contribution in [2.24, 2.45) is 0 Å². The highest BCUT2D eigenvalue weighted by molar-refractivity contribution is 7.13. The maximum Gasteiger partial charge on any atom is 0.416 e. The fourth-order valence-corrected chi connectivity index (χ4v) is 2.78. The lowest BCUT2D eigenvalue weighted by atomic mass is 10.1. The van der Waals surface area contributed by atoms with Gasteiger partial charge < -0.3 is 10.1 Å². The molecule has 0 unspecified atom stereocenters. The minimum atomic E-state index is -4.49. The number of aromatic hydroxyl groups is 1. The Bertz CT molecular complexity index is 866. The summed E-state index contributed by atoms with van der Waals surface area (Å²) in [4.78, 5) is 15.3. The molecule has 21 heavy (non-hydrogen) atoms. The number of thiophene rings is 1. The Morgan fingerprint density at radius 2 is 1.95 bits per heavy atom. The zero-order valence-corrected chi connectivity index (χ0v) is 11.2. The van der Waals surface area contributed by atoms with Crippen molar-refractivity contribution in [1.29, 1.82) is 0 Å². The van der Waals surface area contributed by atoms with Gasteiger partial charge in [0.25, 0.3) is 0 Å². The van der Waals surface area contributed by atoms with Crippen LogP contribution in [0.1, 0.15) is 5.56 Å². The molecule has 2 aromatic heterocycles. The lowest BCUT2D eigenvalue weighted by Crippen LogP contribution is -2.08. The van der Waals surface area contributed by atoms with Gasteiger partial charge in [0.2, 0.25) is 5.43 Å². The third kappa shape index (κ3) is 2.29. The van der Waals surface area contributed by atoms with Gasteiger partial charge >= 0.3 is 6.18 Å². The number of H-pyrrole nitrogens is 1. The number of nitrogens with one attached hydrogen (secondary N) is 1. The minimum absolute atomic E-state index is 0.0146. The molecule has 0 spiro atoms. The normalized spacial score (nSPS) is 12.0. The summed E-state index contributed by atoms with van der Waals surface area (Å²) in [7, 11) is 0. The smallest absolute Gasteiger partial charge is 0.416 e. The van der Waals surface area contributed by atoms with Gasteiger partial charge in [-0.1, -0.05) is 6.07 Å². The highest BCUT2D eigenvalue weighted by atomic mass is 32.1. The average molecular weight is 311 g/mol. The second kappa shape index (κ2) is 4.63. The van der Waals surface area contributed by atoms with Crippen LogP contribution >= 0.6 is 11.3 Å². The summed E-state index contributed by atoms with van der Waals surface area (Å²) in [6.07, 6.45) is -4.49. The van der Waals surface area contributed by atoms with Gasteiger partial charge in [-0.2, -0.15) is 13.2 Å². The number of hydrogen-bond acceptors (Lipinski definition) is 3. The molecule has 2 N–H and O–H groups in total. The fraction of sp³-hybridized carbons (Fsp3) is 0.0714. The van der Waals surface area contributed by atoms with Gasteiger partial charge in [0, 0.05) is 5.39 Å². The summed E-state index contributed by atoms with van der Waals surface area (Å²) < 4.78 is 38.2. The molecule has 2 heterocycles. The van der Waals surface area contributed by atoms with E-state index in [0.29, 0.717) is 4.88 Å². The average Bonchev–Trinajstić information content (AvgIpc) is 2.95. The van der Waals surface area contributed by atoms with Crippen LogP contribution in [0.25, 0.3) is 21.5 Å². The van der Waals surface area contributed by atoms with E-state index in [1.807, 2.05) is 0 Å². The first-order chi connectivity index (χ1) is 9.88. The Balaban J connectivity index is 2.33. The molecule has 0 aliphatic rings. The van der Waals surface area contributed by atoms with Gasteiger partial charge in [0.15, 0.2) is 5.75 Å². The lowest BCUT2D eigenvalue weighted by molar-refractivity contribution is -0.137. The second-order valence-electron chi connectivity index (χ2n) is 4.41. The van der Waals surface area contributed by atoms with E-state index < -0.39 is 22.9 Å². The zero-order chi connectivity index (χ0) is 15.2. The predicted octanol–water partition coefficient (Wildman–Crippen LogP) is 3.98. The lowest BCUT2D eigenvalue weighted by Gasteiger charge is -2.09. The molecule has 3 nitrogen and oxygen atoms in total. The third-order valence-corrected chi connectivity index (χ3v) is 3.96. The quantitative estimate of drug-likeness (QED) is 0.714. The first-order valence-corrected chi connectivity index (χ1v) is 6.76. The number of alkyl halides is 3. The number of hydrogen-bond donors (Lipinski definition) is 2. The van der Waals surface area contributed by atoms with Crippen molar-refractivity contribution in [3.05, 3.63) is 51.5 Å². The summed E-state index contributed by atoms with van der Waals surface area (Å²) in [5, 5.41) is 11.7. The Kier molecular flexibility index (Phi) is 3.02. The number of rotatable bonds is 1. The van der Waals surface area contributed by atoms with Crippen LogP contribution in [0, 0.1) is 0 Å². The van der Waals surface area contributed by atoms with Crippen molar-refractivity contribution >= 4 is 22.2 Å². The van der Waals surface area contributed by atoms with E-state index in [9.17, 15) is 23.1 Å². The number of aromatic nitrogens is 1. The third-order valence-electron chi connectivity index (χ3n) is 3.07.